The van der Waals surface area contributed by atoms with Crippen molar-refractivity contribution in [1.82, 2.24) is 0 Å². The van der Waals surface area contributed by atoms with Gasteiger partial charge in [-0.1, -0.05) is 215 Å². The predicted octanol–water partition coefficient (Wildman–Crippen LogP) is 16.7. The Kier molecular flexibility index (Phi) is 51.4. The van der Waals surface area contributed by atoms with Crippen molar-refractivity contribution < 1.29 is 52.2 Å². The highest BCUT2D eigenvalue weighted by Gasteiger charge is 2.28. The van der Waals surface area contributed by atoms with Gasteiger partial charge in [-0.05, 0) is 89.9 Å². The normalized spacial score (nSPS) is 14.0. The molecule has 0 aliphatic rings. The average Bonchev–Trinajstić information content (AvgIpc) is 3.37. The van der Waals surface area contributed by atoms with E-state index in [-0.39, 0.29) is 25.9 Å². The molecule has 0 saturated carbocycles. The van der Waals surface area contributed by atoms with Crippen molar-refractivity contribution in [2.24, 2.45) is 0 Å². The summed E-state index contributed by atoms with van der Waals surface area (Å²) < 4.78 is 39.4. The topological polar surface area (TPSA) is 155 Å². The van der Waals surface area contributed by atoms with Crippen molar-refractivity contribution in [1.29, 1.82) is 0 Å². The summed E-state index contributed by atoms with van der Waals surface area (Å²) in [5, 5.41) is 9.79. The fraction of sp³-hybridized carbons (Fsp3) is 0.717. The Morgan fingerprint density at radius 3 is 1.19 bits per heavy atom. The molecule has 0 saturated heterocycles. The molecular formula is C60H103O11P. The lowest BCUT2D eigenvalue weighted by Crippen LogP contribution is -2.30. The van der Waals surface area contributed by atoms with Crippen LogP contribution in [0.4, 0.5) is 0 Å². The predicted molar refractivity (Wildman–Crippen MR) is 298 cm³/mol. The lowest BCUT2D eigenvalue weighted by Gasteiger charge is -2.21. The highest BCUT2D eigenvalue weighted by molar-refractivity contribution is 7.47. The number of aliphatic hydroxyl groups excluding tert-OH is 1. The average molecular weight is 1030 g/mol. The first-order chi connectivity index (χ1) is 35.2. The first-order valence-corrected chi connectivity index (χ1v) is 30.0. The Morgan fingerprint density at radius 1 is 0.403 bits per heavy atom. The van der Waals surface area contributed by atoms with E-state index in [2.05, 4.69) is 93.7 Å². The van der Waals surface area contributed by atoms with Gasteiger partial charge in [0, 0.05) is 19.3 Å². The number of aliphatic hydroxyl groups is 1. The van der Waals surface area contributed by atoms with Crippen molar-refractivity contribution in [2.75, 3.05) is 26.4 Å². The van der Waals surface area contributed by atoms with Gasteiger partial charge in [-0.15, -0.1) is 0 Å². The van der Waals surface area contributed by atoms with Gasteiger partial charge in [0.15, 0.2) is 6.10 Å². The molecule has 2 N–H and O–H groups in total. The number of carbonyl (C=O) groups excluding carboxylic acids is 3. The Labute approximate surface area is 439 Å². The highest BCUT2D eigenvalue weighted by Crippen LogP contribution is 2.43. The van der Waals surface area contributed by atoms with Crippen molar-refractivity contribution in [3.05, 3.63) is 85.1 Å². The SMILES string of the molecule is CC/C=C\C/C=C\C/C=C\C/C=C\C/C=C\CCCC(=O)OC(CO)COP(=O)(O)OCC(COC(=O)CCCCCCCCCCC)OC(=O)CCCCCCCCCCC/C=C\C/C=C\CCCCC. The molecule has 3 unspecified atom stereocenters. The summed E-state index contributed by atoms with van der Waals surface area (Å²) in [5.41, 5.74) is 0. The number of phosphoric ester groups is 1. The molecule has 0 aromatic carbocycles. The quantitative estimate of drug-likeness (QED) is 0.0197. The van der Waals surface area contributed by atoms with Gasteiger partial charge in [0.25, 0.3) is 0 Å². The molecule has 12 heteroatoms. The maximum absolute atomic E-state index is 12.9. The Morgan fingerprint density at radius 2 is 0.736 bits per heavy atom. The second-order valence-electron chi connectivity index (χ2n) is 18.7. The summed E-state index contributed by atoms with van der Waals surface area (Å²) >= 11 is 0. The molecule has 3 atom stereocenters. The molecule has 0 rings (SSSR count). The molecule has 0 amide bonds. The lowest BCUT2D eigenvalue weighted by atomic mass is 10.1. The zero-order chi connectivity index (χ0) is 52.7. The van der Waals surface area contributed by atoms with E-state index in [9.17, 15) is 28.9 Å². The van der Waals surface area contributed by atoms with Crippen molar-refractivity contribution in [2.45, 2.75) is 251 Å². The minimum absolute atomic E-state index is 0.0967. The summed E-state index contributed by atoms with van der Waals surface area (Å²) in [6, 6.07) is 0. The molecule has 0 aliphatic carbocycles. The fourth-order valence-electron chi connectivity index (χ4n) is 7.48. The fourth-order valence-corrected chi connectivity index (χ4v) is 8.26. The van der Waals surface area contributed by atoms with E-state index in [0.29, 0.717) is 25.7 Å². The number of hydrogen-bond donors (Lipinski definition) is 2. The van der Waals surface area contributed by atoms with Gasteiger partial charge in [0.1, 0.15) is 12.7 Å². The third kappa shape index (κ3) is 51.6. The van der Waals surface area contributed by atoms with Gasteiger partial charge in [0.05, 0.1) is 19.8 Å². The molecule has 0 fully saturated rings. The number of ether oxygens (including phenoxy) is 3. The number of hydrogen-bond acceptors (Lipinski definition) is 10. The summed E-state index contributed by atoms with van der Waals surface area (Å²) in [5.74, 6) is -1.53. The van der Waals surface area contributed by atoms with Gasteiger partial charge < -0.3 is 24.2 Å². The monoisotopic (exact) mass is 1030 g/mol. The second-order valence-corrected chi connectivity index (χ2v) is 20.2. The number of esters is 3. The Hall–Kier alpha value is -3.34. The first kappa shape index (κ1) is 68.7. The van der Waals surface area contributed by atoms with Crippen LogP contribution >= 0.6 is 7.82 Å². The van der Waals surface area contributed by atoms with Crippen LogP contribution in [0.2, 0.25) is 0 Å². The lowest BCUT2D eigenvalue weighted by molar-refractivity contribution is -0.161. The van der Waals surface area contributed by atoms with Gasteiger partial charge in [0.2, 0.25) is 0 Å². The van der Waals surface area contributed by atoms with E-state index < -0.39 is 57.8 Å². The smallest absolute Gasteiger partial charge is 0.462 e. The van der Waals surface area contributed by atoms with E-state index in [0.717, 1.165) is 83.5 Å². The molecule has 0 aliphatic heterocycles. The maximum Gasteiger partial charge on any atom is 0.472 e. The van der Waals surface area contributed by atoms with Crippen molar-refractivity contribution in [3.8, 4) is 0 Å². The number of rotatable bonds is 52. The van der Waals surface area contributed by atoms with Gasteiger partial charge in [-0.3, -0.25) is 23.4 Å². The number of carbonyl (C=O) groups is 3. The molecular weight excluding hydrogens is 928 g/mol. The molecule has 0 bridgehead atoms. The van der Waals surface area contributed by atoms with E-state index in [1.807, 2.05) is 12.2 Å². The van der Waals surface area contributed by atoms with Gasteiger partial charge >= 0.3 is 25.7 Å². The summed E-state index contributed by atoms with van der Waals surface area (Å²) in [4.78, 5) is 48.4. The molecule has 0 heterocycles. The van der Waals surface area contributed by atoms with E-state index in [4.69, 9.17) is 23.3 Å². The van der Waals surface area contributed by atoms with E-state index >= 15 is 0 Å². The van der Waals surface area contributed by atoms with Crippen LogP contribution in [0.3, 0.4) is 0 Å². The Balaban J connectivity index is 4.70. The second kappa shape index (κ2) is 53.9. The molecule has 72 heavy (non-hydrogen) atoms. The Bertz CT molecular complexity index is 1530. The van der Waals surface area contributed by atoms with Crippen LogP contribution in [0.25, 0.3) is 0 Å². The van der Waals surface area contributed by atoms with Crippen molar-refractivity contribution >= 4 is 25.7 Å². The zero-order valence-electron chi connectivity index (χ0n) is 45.6. The number of phosphoric acid groups is 1. The number of unbranched alkanes of at least 4 members (excludes halogenated alkanes) is 21. The van der Waals surface area contributed by atoms with Crippen LogP contribution in [0, 0.1) is 0 Å². The van der Waals surface area contributed by atoms with Crippen LogP contribution in [0.15, 0.2) is 85.1 Å². The van der Waals surface area contributed by atoms with Gasteiger partial charge in [-0.25, -0.2) is 4.57 Å². The molecule has 0 spiro atoms. The summed E-state index contributed by atoms with van der Waals surface area (Å²) in [7, 11) is -4.76. The van der Waals surface area contributed by atoms with Gasteiger partial charge in [-0.2, -0.15) is 0 Å². The summed E-state index contributed by atoms with van der Waals surface area (Å²) in [6.07, 6.45) is 61.3. The largest absolute Gasteiger partial charge is 0.472 e. The third-order valence-electron chi connectivity index (χ3n) is 11.8. The van der Waals surface area contributed by atoms with Crippen LogP contribution in [-0.4, -0.2) is 66.5 Å². The molecule has 0 radical (unpaired) electrons. The van der Waals surface area contributed by atoms with Crippen LogP contribution in [0.5, 0.6) is 0 Å². The van der Waals surface area contributed by atoms with Crippen LogP contribution < -0.4 is 0 Å². The van der Waals surface area contributed by atoms with Crippen LogP contribution in [0.1, 0.15) is 239 Å². The molecule has 0 aromatic rings. The molecule has 11 nitrogen and oxygen atoms in total. The first-order valence-electron chi connectivity index (χ1n) is 28.5. The minimum atomic E-state index is -4.76. The standard InChI is InChI=1S/C60H103O11P/c1-4-7-10-13-16-19-21-23-25-27-28-30-32-34-36-39-42-45-48-51-60(64)71-57(53-67-58(62)49-46-43-40-37-18-15-12-9-6-3)55-69-72(65,66)68-54-56(52-61)70-59(63)50-47-44-41-38-35-33-31-29-26-24-22-20-17-14-11-8-5-2/h8,11,16-17,19-20,23-26,31,33,38,41,56-57,61H,4-7,9-10,12-15,18,21-22,27-30,32,34-37,39-40,42-55H2,1-3H3,(H,65,66)/b11-8-,19-16-,20-17-,25-23-,26-24-,33-31-,41-38-. The third-order valence-corrected chi connectivity index (χ3v) is 12.8. The molecule has 414 valence electrons. The van der Waals surface area contributed by atoms with Crippen LogP contribution in [-0.2, 0) is 42.2 Å². The van der Waals surface area contributed by atoms with Crippen molar-refractivity contribution in [3.63, 3.8) is 0 Å². The minimum Gasteiger partial charge on any atom is -0.462 e. The maximum atomic E-state index is 12.9. The van der Waals surface area contributed by atoms with E-state index in [1.54, 1.807) is 0 Å². The zero-order valence-corrected chi connectivity index (χ0v) is 46.5. The summed E-state index contributed by atoms with van der Waals surface area (Å²) in [6.45, 7) is 4.42. The van der Waals surface area contributed by atoms with E-state index in [1.165, 1.54) is 89.9 Å². The molecule has 0 aromatic heterocycles. The highest BCUT2D eigenvalue weighted by atomic mass is 31.2. The number of allylic oxidation sites excluding steroid dienone is 14.